The Bertz CT molecular complexity index is 1230. The third-order valence-electron chi connectivity index (χ3n) is 6.59. The van der Waals surface area contributed by atoms with Crippen LogP contribution in [0.25, 0.3) is 0 Å². The molecular weight excluding hydrogens is 482 g/mol. The molecule has 0 saturated carbocycles. The molecule has 4 rings (SSSR count). The van der Waals surface area contributed by atoms with Gasteiger partial charge in [-0.25, -0.2) is 14.6 Å². The summed E-state index contributed by atoms with van der Waals surface area (Å²) in [7, 11) is 3.37. The smallest absolute Gasteiger partial charge is 0.342 e. The molecule has 8 nitrogen and oxygen atoms in total. The zero-order chi connectivity index (χ0) is 27.1. The first-order chi connectivity index (χ1) is 18.3. The monoisotopic (exact) mass is 517 g/mol. The number of methoxy groups -OCH3 is 1. The van der Waals surface area contributed by atoms with E-state index in [0.29, 0.717) is 23.6 Å². The fourth-order valence-corrected chi connectivity index (χ4v) is 4.53. The number of likely N-dealkylation sites (N-methyl/N-ethyl adjacent to an activating group) is 1. The van der Waals surface area contributed by atoms with Crippen LogP contribution >= 0.6 is 0 Å². The van der Waals surface area contributed by atoms with Crippen LogP contribution in [-0.4, -0.2) is 61.2 Å². The molecule has 1 atom stereocenters. The fourth-order valence-electron chi connectivity index (χ4n) is 4.53. The minimum Gasteiger partial charge on any atom is -0.489 e. The van der Waals surface area contributed by atoms with Crippen LogP contribution in [0, 0.1) is 0 Å². The highest BCUT2D eigenvalue weighted by atomic mass is 16.5. The number of pyridine rings is 1. The molecule has 2 aromatic carbocycles. The number of benzene rings is 2. The van der Waals surface area contributed by atoms with Gasteiger partial charge in [0.1, 0.15) is 23.7 Å². The Labute approximate surface area is 224 Å². The highest BCUT2D eigenvalue weighted by molar-refractivity contribution is 5.95. The maximum Gasteiger partial charge on any atom is 0.342 e. The molecule has 8 heteroatoms. The maximum atomic E-state index is 12.6. The Morgan fingerprint density at radius 3 is 2.42 bits per heavy atom. The standard InChI is InChI=1S/C30H35N3O5/c1-21(2)38-30(35)27-6-5-16-31-28(27)32(3)25-15-17-33(19-25)18-22-9-13-26(14-10-22)37-20-23-7-11-24(12-8-23)29(34)36-4/h5-14,16,21,25H,15,17-20H2,1-4H3/t25-/m1/s1. The lowest BCUT2D eigenvalue weighted by Crippen LogP contribution is -2.36. The maximum absolute atomic E-state index is 12.6. The predicted molar refractivity (Wildman–Crippen MR) is 145 cm³/mol. The Balaban J connectivity index is 1.29. The molecule has 0 unspecified atom stereocenters. The number of anilines is 1. The van der Waals surface area contributed by atoms with Crippen LogP contribution in [-0.2, 0) is 22.6 Å². The van der Waals surface area contributed by atoms with E-state index < -0.39 is 0 Å². The van der Waals surface area contributed by atoms with Crippen molar-refractivity contribution in [2.45, 2.75) is 45.6 Å². The number of carbonyl (C=O) groups excluding carboxylic acids is 2. The lowest BCUT2D eigenvalue weighted by molar-refractivity contribution is 0.0377. The minimum atomic E-state index is -0.350. The predicted octanol–water partition coefficient (Wildman–Crippen LogP) is 4.72. The quantitative estimate of drug-likeness (QED) is 0.357. The van der Waals surface area contributed by atoms with Gasteiger partial charge in [0.25, 0.3) is 0 Å². The Hall–Kier alpha value is -3.91. The zero-order valence-electron chi connectivity index (χ0n) is 22.4. The molecule has 2 heterocycles. The lowest BCUT2D eigenvalue weighted by atomic mass is 10.1. The van der Waals surface area contributed by atoms with Gasteiger partial charge < -0.3 is 19.1 Å². The van der Waals surface area contributed by atoms with Crippen molar-refractivity contribution in [3.8, 4) is 5.75 Å². The van der Waals surface area contributed by atoms with E-state index in [1.807, 2.05) is 45.2 Å². The number of esters is 2. The summed E-state index contributed by atoms with van der Waals surface area (Å²) in [4.78, 5) is 33.2. The van der Waals surface area contributed by atoms with E-state index in [9.17, 15) is 9.59 Å². The fraction of sp³-hybridized carbons (Fsp3) is 0.367. The van der Waals surface area contributed by atoms with Crippen LogP contribution in [0.4, 0.5) is 5.82 Å². The van der Waals surface area contributed by atoms with Gasteiger partial charge in [0.2, 0.25) is 0 Å². The zero-order valence-corrected chi connectivity index (χ0v) is 22.4. The number of hydrogen-bond donors (Lipinski definition) is 0. The normalized spacial score (nSPS) is 15.3. The van der Waals surface area contributed by atoms with Gasteiger partial charge in [-0.1, -0.05) is 24.3 Å². The van der Waals surface area contributed by atoms with Crippen molar-refractivity contribution in [2.24, 2.45) is 0 Å². The van der Waals surface area contributed by atoms with Crippen molar-refractivity contribution in [3.05, 3.63) is 89.1 Å². The molecule has 1 fully saturated rings. The van der Waals surface area contributed by atoms with E-state index in [0.717, 1.165) is 37.4 Å². The largest absolute Gasteiger partial charge is 0.489 e. The summed E-state index contributed by atoms with van der Waals surface area (Å²) in [6, 6.07) is 19.1. The summed E-state index contributed by atoms with van der Waals surface area (Å²) in [5.41, 5.74) is 3.20. The van der Waals surface area contributed by atoms with Crippen LogP contribution in [0.5, 0.6) is 5.75 Å². The first-order valence-electron chi connectivity index (χ1n) is 12.8. The van der Waals surface area contributed by atoms with Crippen LogP contribution in [0.3, 0.4) is 0 Å². The second kappa shape index (κ2) is 12.6. The molecule has 0 radical (unpaired) electrons. The molecule has 200 valence electrons. The number of aromatic nitrogens is 1. The van der Waals surface area contributed by atoms with Gasteiger partial charge in [-0.2, -0.15) is 0 Å². The first kappa shape index (κ1) is 27.1. The summed E-state index contributed by atoms with van der Waals surface area (Å²) in [6.45, 7) is 6.79. The molecule has 0 spiro atoms. The molecule has 1 aromatic heterocycles. The van der Waals surface area contributed by atoms with Gasteiger partial charge in [-0.3, -0.25) is 4.90 Å². The molecule has 3 aromatic rings. The van der Waals surface area contributed by atoms with Crippen molar-refractivity contribution in [1.82, 2.24) is 9.88 Å². The number of nitrogens with zero attached hydrogens (tertiary/aromatic N) is 3. The van der Waals surface area contributed by atoms with E-state index in [4.69, 9.17) is 14.2 Å². The van der Waals surface area contributed by atoms with Crippen molar-refractivity contribution < 1.29 is 23.8 Å². The third kappa shape index (κ3) is 6.89. The lowest BCUT2D eigenvalue weighted by Gasteiger charge is -2.27. The summed E-state index contributed by atoms with van der Waals surface area (Å²) in [5, 5.41) is 0. The summed E-state index contributed by atoms with van der Waals surface area (Å²) in [6.07, 6.45) is 2.52. The molecule has 0 bridgehead atoms. The Kier molecular flexibility index (Phi) is 8.97. The number of carbonyl (C=O) groups is 2. The molecule has 0 amide bonds. The highest BCUT2D eigenvalue weighted by Gasteiger charge is 2.29. The number of ether oxygens (including phenoxy) is 3. The van der Waals surface area contributed by atoms with Gasteiger partial charge in [0.15, 0.2) is 0 Å². The summed E-state index contributed by atoms with van der Waals surface area (Å²) < 4.78 is 16.1. The van der Waals surface area contributed by atoms with E-state index in [1.165, 1.54) is 12.7 Å². The van der Waals surface area contributed by atoms with Gasteiger partial charge in [-0.05, 0) is 67.8 Å². The number of likely N-dealkylation sites (tertiary alicyclic amines) is 1. The van der Waals surface area contributed by atoms with E-state index >= 15 is 0 Å². The molecule has 0 N–H and O–H groups in total. The average molecular weight is 518 g/mol. The van der Waals surface area contributed by atoms with Gasteiger partial charge >= 0.3 is 11.9 Å². The number of rotatable bonds is 10. The Morgan fingerprint density at radius 1 is 1.03 bits per heavy atom. The number of hydrogen-bond acceptors (Lipinski definition) is 8. The first-order valence-corrected chi connectivity index (χ1v) is 12.8. The topological polar surface area (TPSA) is 81.2 Å². The minimum absolute atomic E-state index is 0.181. The van der Waals surface area contributed by atoms with Gasteiger partial charge in [0.05, 0.1) is 18.8 Å². The average Bonchev–Trinajstić information content (AvgIpc) is 3.40. The van der Waals surface area contributed by atoms with Crippen LogP contribution < -0.4 is 9.64 Å². The van der Waals surface area contributed by atoms with Crippen molar-refractivity contribution in [2.75, 3.05) is 32.1 Å². The molecule has 38 heavy (non-hydrogen) atoms. The van der Waals surface area contributed by atoms with E-state index in [-0.39, 0.29) is 24.1 Å². The van der Waals surface area contributed by atoms with Crippen LogP contribution in [0.1, 0.15) is 52.1 Å². The van der Waals surface area contributed by atoms with E-state index in [1.54, 1.807) is 30.5 Å². The van der Waals surface area contributed by atoms with E-state index in [2.05, 4.69) is 26.9 Å². The third-order valence-corrected chi connectivity index (χ3v) is 6.59. The summed E-state index contributed by atoms with van der Waals surface area (Å²) in [5.74, 6) is 0.759. The second-order valence-electron chi connectivity index (χ2n) is 9.74. The SMILES string of the molecule is COC(=O)c1ccc(COc2ccc(CN3CC[C@@H](N(C)c4ncccc4C(=O)OC(C)C)C3)cc2)cc1. The van der Waals surface area contributed by atoms with Gasteiger partial charge in [-0.15, -0.1) is 0 Å². The van der Waals surface area contributed by atoms with Crippen molar-refractivity contribution in [1.29, 1.82) is 0 Å². The van der Waals surface area contributed by atoms with Crippen molar-refractivity contribution in [3.63, 3.8) is 0 Å². The van der Waals surface area contributed by atoms with Gasteiger partial charge in [0, 0.05) is 38.9 Å². The molecule has 1 saturated heterocycles. The molecule has 1 aliphatic heterocycles. The summed E-state index contributed by atoms with van der Waals surface area (Å²) >= 11 is 0. The second-order valence-corrected chi connectivity index (χ2v) is 9.74. The molecule has 1 aliphatic rings. The molecular formula is C30H35N3O5. The van der Waals surface area contributed by atoms with Crippen molar-refractivity contribution >= 4 is 17.8 Å². The Morgan fingerprint density at radius 2 is 1.74 bits per heavy atom. The highest BCUT2D eigenvalue weighted by Crippen LogP contribution is 2.25. The molecule has 0 aliphatic carbocycles. The van der Waals surface area contributed by atoms with Crippen LogP contribution in [0.15, 0.2) is 66.9 Å². The van der Waals surface area contributed by atoms with Crippen LogP contribution in [0.2, 0.25) is 0 Å².